The summed E-state index contributed by atoms with van der Waals surface area (Å²) in [6, 6.07) is 17.8. The van der Waals surface area contributed by atoms with E-state index in [9.17, 15) is 8.42 Å². The van der Waals surface area contributed by atoms with Gasteiger partial charge in [0.2, 0.25) is 10.0 Å². The minimum absolute atomic E-state index is 0.413. The van der Waals surface area contributed by atoms with Gasteiger partial charge in [0.15, 0.2) is 0 Å². The monoisotopic (exact) mass is 372 g/mol. The summed E-state index contributed by atoms with van der Waals surface area (Å²) in [6.45, 7) is 2.24. The van der Waals surface area contributed by atoms with Crippen LogP contribution in [0.25, 0.3) is 11.3 Å². The molecule has 4 nitrogen and oxygen atoms in total. The summed E-state index contributed by atoms with van der Waals surface area (Å²) >= 11 is 1.64. The maximum atomic E-state index is 11.8. The quantitative estimate of drug-likeness (QED) is 0.652. The number of anilines is 1. The van der Waals surface area contributed by atoms with Crippen LogP contribution in [-0.4, -0.2) is 26.2 Å². The molecule has 0 amide bonds. The smallest absolute Gasteiger partial charge is 0.232 e. The molecule has 6 heteroatoms. The predicted molar refractivity (Wildman–Crippen MR) is 105 cm³/mol. The first-order valence-electron chi connectivity index (χ1n) is 8.04. The Morgan fingerprint density at radius 1 is 1.04 bits per heavy atom. The molecule has 0 aliphatic rings. The average Bonchev–Trinajstić information content (AvgIpc) is 3.04. The van der Waals surface area contributed by atoms with Gasteiger partial charge in [0.1, 0.15) is 0 Å². The zero-order valence-corrected chi connectivity index (χ0v) is 15.8. The highest BCUT2D eigenvalue weighted by Crippen LogP contribution is 2.26. The Morgan fingerprint density at radius 3 is 2.32 bits per heavy atom. The van der Waals surface area contributed by atoms with Crippen molar-refractivity contribution in [1.29, 1.82) is 0 Å². The molecular formula is C19H20N2O2S2. The van der Waals surface area contributed by atoms with Crippen LogP contribution in [0.3, 0.4) is 0 Å². The molecule has 1 heterocycles. The Kier molecular flexibility index (Phi) is 5.20. The molecule has 3 aromatic rings. The van der Waals surface area contributed by atoms with Crippen molar-refractivity contribution < 1.29 is 8.42 Å². The lowest BCUT2D eigenvalue weighted by Crippen LogP contribution is -2.29. The third-order valence-electron chi connectivity index (χ3n) is 3.89. The van der Waals surface area contributed by atoms with E-state index >= 15 is 0 Å². The number of aromatic nitrogens is 1. The lowest BCUT2D eigenvalue weighted by molar-refractivity contribution is 0.598. The largest absolute Gasteiger partial charge is 0.271 e. The highest BCUT2D eigenvalue weighted by atomic mass is 32.2. The van der Waals surface area contributed by atoms with Gasteiger partial charge >= 0.3 is 0 Å². The summed E-state index contributed by atoms with van der Waals surface area (Å²) in [5.41, 5.74) is 3.83. The minimum atomic E-state index is -3.26. The number of hydrogen-bond donors (Lipinski definition) is 0. The van der Waals surface area contributed by atoms with E-state index in [2.05, 4.69) is 12.1 Å². The molecule has 0 atom stereocenters. The van der Waals surface area contributed by atoms with Crippen LogP contribution in [0.2, 0.25) is 0 Å². The van der Waals surface area contributed by atoms with Gasteiger partial charge in [-0.2, -0.15) is 0 Å². The first-order chi connectivity index (χ1) is 12.0. The van der Waals surface area contributed by atoms with Gasteiger partial charge in [0, 0.05) is 23.9 Å². The van der Waals surface area contributed by atoms with E-state index in [1.165, 1.54) is 16.1 Å². The molecule has 0 bridgehead atoms. The minimum Gasteiger partial charge on any atom is -0.271 e. The third kappa shape index (κ3) is 4.27. The van der Waals surface area contributed by atoms with E-state index in [0.29, 0.717) is 12.2 Å². The molecule has 0 saturated heterocycles. The van der Waals surface area contributed by atoms with Gasteiger partial charge in [-0.05, 0) is 24.6 Å². The summed E-state index contributed by atoms with van der Waals surface area (Å²) in [5, 5.41) is 3.11. The van der Waals surface area contributed by atoms with Crippen LogP contribution in [0.15, 0.2) is 60.0 Å². The van der Waals surface area contributed by atoms with Crippen molar-refractivity contribution in [3.05, 3.63) is 70.5 Å². The molecule has 0 aliphatic heterocycles. The Labute approximate surface area is 152 Å². The van der Waals surface area contributed by atoms with Gasteiger partial charge in [-0.15, -0.1) is 11.3 Å². The molecule has 130 valence electrons. The SMILES string of the molecule is CCN(c1ccc(-c2csc(Cc3ccccc3)n2)cc1)S(C)(=O)=O. The molecule has 2 aromatic carbocycles. The molecular weight excluding hydrogens is 352 g/mol. The molecule has 1 aromatic heterocycles. The zero-order valence-electron chi connectivity index (χ0n) is 14.2. The van der Waals surface area contributed by atoms with E-state index in [1.807, 2.05) is 54.8 Å². The van der Waals surface area contributed by atoms with E-state index in [0.717, 1.165) is 22.7 Å². The van der Waals surface area contributed by atoms with Crippen molar-refractivity contribution in [3.63, 3.8) is 0 Å². The van der Waals surface area contributed by atoms with Crippen molar-refractivity contribution >= 4 is 27.0 Å². The summed E-state index contributed by atoms with van der Waals surface area (Å²) in [4.78, 5) is 4.71. The van der Waals surface area contributed by atoms with E-state index in [1.54, 1.807) is 11.3 Å². The molecule has 0 fully saturated rings. The van der Waals surface area contributed by atoms with E-state index in [-0.39, 0.29) is 0 Å². The van der Waals surface area contributed by atoms with Crippen LogP contribution in [-0.2, 0) is 16.4 Å². The number of benzene rings is 2. The normalized spacial score (nSPS) is 11.4. The zero-order chi connectivity index (χ0) is 17.9. The Balaban J connectivity index is 1.79. The molecule has 3 rings (SSSR count). The summed E-state index contributed by atoms with van der Waals surface area (Å²) in [5.74, 6) is 0. The average molecular weight is 373 g/mol. The number of thiazole rings is 1. The van der Waals surface area contributed by atoms with Gasteiger partial charge in [-0.1, -0.05) is 42.5 Å². The molecule has 0 N–H and O–H groups in total. The Bertz CT molecular complexity index is 933. The van der Waals surface area contributed by atoms with Crippen molar-refractivity contribution in [2.45, 2.75) is 13.3 Å². The van der Waals surface area contributed by atoms with Crippen LogP contribution >= 0.6 is 11.3 Å². The third-order valence-corrected chi connectivity index (χ3v) is 6.01. The second kappa shape index (κ2) is 7.37. The fraction of sp³-hybridized carbons (Fsp3) is 0.211. The number of nitrogens with zero attached hydrogens (tertiary/aromatic N) is 2. The van der Waals surface area contributed by atoms with Crippen molar-refractivity contribution in [3.8, 4) is 11.3 Å². The maximum absolute atomic E-state index is 11.8. The summed E-state index contributed by atoms with van der Waals surface area (Å²) < 4.78 is 25.0. The molecule has 0 saturated carbocycles. The van der Waals surface area contributed by atoms with Gasteiger partial charge in [0.05, 0.1) is 22.6 Å². The molecule has 25 heavy (non-hydrogen) atoms. The van der Waals surface area contributed by atoms with Crippen molar-refractivity contribution in [2.24, 2.45) is 0 Å². The predicted octanol–water partition coefficient (Wildman–Crippen LogP) is 4.19. The number of rotatable bonds is 6. The van der Waals surface area contributed by atoms with Crippen molar-refractivity contribution in [2.75, 3.05) is 17.1 Å². The Hall–Kier alpha value is -2.18. The fourth-order valence-corrected chi connectivity index (χ4v) is 4.51. The van der Waals surface area contributed by atoms with Crippen LogP contribution in [0, 0.1) is 0 Å². The summed E-state index contributed by atoms with van der Waals surface area (Å²) in [7, 11) is -3.26. The van der Waals surface area contributed by atoms with Crippen LogP contribution in [0.1, 0.15) is 17.5 Å². The Morgan fingerprint density at radius 2 is 1.72 bits per heavy atom. The van der Waals surface area contributed by atoms with Crippen LogP contribution in [0.4, 0.5) is 5.69 Å². The first kappa shape index (κ1) is 17.6. The topological polar surface area (TPSA) is 50.3 Å². The summed E-state index contributed by atoms with van der Waals surface area (Å²) in [6.07, 6.45) is 2.04. The maximum Gasteiger partial charge on any atom is 0.232 e. The van der Waals surface area contributed by atoms with Crippen LogP contribution < -0.4 is 4.31 Å². The van der Waals surface area contributed by atoms with E-state index in [4.69, 9.17) is 4.98 Å². The van der Waals surface area contributed by atoms with Crippen molar-refractivity contribution in [1.82, 2.24) is 4.98 Å². The molecule has 0 spiro atoms. The number of hydrogen-bond acceptors (Lipinski definition) is 4. The molecule has 0 aliphatic carbocycles. The second-order valence-electron chi connectivity index (χ2n) is 5.76. The molecule has 0 radical (unpaired) electrons. The number of sulfonamides is 1. The lowest BCUT2D eigenvalue weighted by Gasteiger charge is -2.20. The molecule has 0 unspecified atom stereocenters. The van der Waals surface area contributed by atoms with Gasteiger partial charge in [-0.25, -0.2) is 13.4 Å². The van der Waals surface area contributed by atoms with Gasteiger partial charge in [0.25, 0.3) is 0 Å². The van der Waals surface area contributed by atoms with Gasteiger partial charge in [-0.3, -0.25) is 4.31 Å². The standard InChI is InChI=1S/C19H20N2O2S2/c1-3-21(25(2,22)23)17-11-9-16(10-12-17)18-14-24-19(20-18)13-15-7-5-4-6-8-15/h4-12,14H,3,13H2,1-2H3. The highest BCUT2D eigenvalue weighted by Gasteiger charge is 2.15. The van der Waals surface area contributed by atoms with E-state index < -0.39 is 10.0 Å². The fourth-order valence-electron chi connectivity index (χ4n) is 2.70. The lowest BCUT2D eigenvalue weighted by atomic mass is 10.1. The second-order valence-corrected chi connectivity index (χ2v) is 8.61. The van der Waals surface area contributed by atoms with Gasteiger partial charge < -0.3 is 0 Å². The highest BCUT2D eigenvalue weighted by molar-refractivity contribution is 7.92. The first-order valence-corrected chi connectivity index (χ1v) is 10.8. The van der Waals surface area contributed by atoms with Crippen LogP contribution in [0.5, 0.6) is 0 Å².